The van der Waals surface area contributed by atoms with E-state index in [0.717, 1.165) is 31.5 Å². The molecule has 1 aromatic carbocycles. The van der Waals surface area contributed by atoms with Gasteiger partial charge in [-0.05, 0) is 45.3 Å². The van der Waals surface area contributed by atoms with Crippen LogP contribution in [0.25, 0.3) is 0 Å². The summed E-state index contributed by atoms with van der Waals surface area (Å²) in [6.45, 7) is 5.72. The fourth-order valence-electron chi connectivity index (χ4n) is 3.69. The smallest absolute Gasteiger partial charge is 0.251 e. The zero-order valence-corrected chi connectivity index (χ0v) is 14.9. The summed E-state index contributed by atoms with van der Waals surface area (Å²) in [6, 6.07) is 9.45. The van der Waals surface area contributed by atoms with E-state index in [1.807, 2.05) is 44.2 Å². The summed E-state index contributed by atoms with van der Waals surface area (Å²) in [5.41, 5.74) is 0.926. The minimum atomic E-state index is -0.683. The average molecular weight is 345 g/mol. The van der Waals surface area contributed by atoms with Crippen molar-refractivity contribution in [2.75, 3.05) is 19.7 Å². The number of benzene rings is 1. The van der Waals surface area contributed by atoms with E-state index in [4.69, 9.17) is 4.74 Å². The maximum absolute atomic E-state index is 12.9. The molecule has 0 aliphatic carbocycles. The molecule has 6 heteroatoms. The Balaban J connectivity index is 1.84. The standard InChI is InChI=1S/C19H27N3O3/c1-13(2)22-16(23)12-25-18(17(22)14-6-4-3-5-7-14)19(24)21-15-8-10-20-11-9-15/h3-7,13,15,17-18,20H,8-12H2,1-2H3,(H,21,24)/t17-,18+/m1/s1. The minimum Gasteiger partial charge on any atom is -0.356 e. The van der Waals surface area contributed by atoms with Gasteiger partial charge in [0.05, 0.1) is 6.04 Å². The molecular formula is C19H27N3O3. The monoisotopic (exact) mass is 345 g/mol. The molecule has 2 amide bonds. The topological polar surface area (TPSA) is 70.7 Å². The fraction of sp³-hybridized carbons (Fsp3) is 0.579. The molecular weight excluding hydrogens is 318 g/mol. The first-order chi connectivity index (χ1) is 12.1. The second-order valence-electron chi connectivity index (χ2n) is 7.01. The van der Waals surface area contributed by atoms with E-state index in [-0.39, 0.29) is 30.5 Å². The van der Waals surface area contributed by atoms with E-state index in [1.165, 1.54) is 0 Å². The number of rotatable bonds is 4. The Hall–Kier alpha value is -1.92. The summed E-state index contributed by atoms with van der Waals surface area (Å²) in [6.07, 6.45) is 1.15. The Bertz CT molecular complexity index is 599. The van der Waals surface area contributed by atoms with Gasteiger partial charge in [-0.15, -0.1) is 0 Å². The Labute approximate surface area is 148 Å². The van der Waals surface area contributed by atoms with Crippen molar-refractivity contribution < 1.29 is 14.3 Å². The molecule has 2 aliphatic rings. The number of hydrogen-bond donors (Lipinski definition) is 2. The van der Waals surface area contributed by atoms with Gasteiger partial charge in [-0.3, -0.25) is 9.59 Å². The summed E-state index contributed by atoms with van der Waals surface area (Å²) in [7, 11) is 0. The molecule has 2 fully saturated rings. The van der Waals surface area contributed by atoms with Gasteiger partial charge in [-0.2, -0.15) is 0 Å². The van der Waals surface area contributed by atoms with Gasteiger partial charge in [0.25, 0.3) is 5.91 Å². The van der Waals surface area contributed by atoms with Crippen LogP contribution in [0.15, 0.2) is 30.3 Å². The van der Waals surface area contributed by atoms with Gasteiger partial charge >= 0.3 is 0 Å². The predicted molar refractivity (Wildman–Crippen MR) is 94.9 cm³/mol. The predicted octanol–water partition coefficient (Wildman–Crippen LogP) is 1.23. The van der Waals surface area contributed by atoms with Gasteiger partial charge < -0.3 is 20.3 Å². The zero-order chi connectivity index (χ0) is 17.8. The summed E-state index contributed by atoms with van der Waals surface area (Å²) in [5.74, 6) is -0.200. The van der Waals surface area contributed by atoms with E-state index in [0.29, 0.717) is 0 Å². The molecule has 25 heavy (non-hydrogen) atoms. The molecule has 0 spiro atoms. The van der Waals surface area contributed by atoms with Crippen LogP contribution in [-0.4, -0.2) is 54.6 Å². The molecule has 1 aromatic rings. The van der Waals surface area contributed by atoms with Crippen molar-refractivity contribution in [2.45, 2.75) is 50.9 Å². The molecule has 2 saturated heterocycles. The number of nitrogens with one attached hydrogen (secondary N) is 2. The Morgan fingerprint density at radius 3 is 2.56 bits per heavy atom. The first-order valence-electron chi connectivity index (χ1n) is 9.06. The second kappa shape index (κ2) is 7.97. The van der Waals surface area contributed by atoms with Crippen LogP contribution in [0.1, 0.15) is 38.3 Å². The molecule has 2 heterocycles. The van der Waals surface area contributed by atoms with Gasteiger partial charge in [-0.1, -0.05) is 30.3 Å². The van der Waals surface area contributed by atoms with Crippen molar-refractivity contribution in [3.63, 3.8) is 0 Å². The normalized spacial score (nSPS) is 25.2. The molecule has 0 saturated carbocycles. The quantitative estimate of drug-likeness (QED) is 0.861. The van der Waals surface area contributed by atoms with Crippen LogP contribution in [0.5, 0.6) is 0 Å². The van der Waals surface area contributed by atoms with Crippen molar-refractivity contribution >= 4 is 11.8 Å². The summed E-state index contributed by atoms with van der Waals surface area (Å²) in [4.78, 5) is 27.2. The van der Waals surface area contributed by atoms with E-state index in [9.17, 15) is 9.59 Å². The number of piperidine rings is 1. The minimum absolute atomic E-state index is 0.00390. The van der Waals surface area contributed by atoms with Crippen LogP contribution >= 0.6 is 0 Å². The number of hydrogen-bond acceptors (Lipinski definition) is 4. The maximum Gasteiger partial charge on any atom is 0.251 e. The van der Waals surface area contributed by atoms with E-state index in [1.54, 1.807) is 4.90 Å². The number of carbonyl (C=O) groups excluding carboxylic acids is 2. The molecule has 6 nitrogen and oxygen atoms in total. The Morgan fingerprint density at radius 2 is 1.92 bits per heavy atom. The highest BCUT2D eigenvalue weighted by molar-refractivity contribution is 5.86. The highest BCUT2D eigenvalue weighted by Crippen LogP contribution is 2.32. The molecule has 0 bridgehead atoms. The van der Waals surface area contributed by atoms with Crippen LogP contribution in [0.2, 0.25) is 0 Å². The second-order valence-corrected chi connectivity index (χ2v) is 7.01. The number of ether oxygens (including phenoxy) is 1. The molecule has 0 radical (unpaired) electrons. The van der Waals surface area contributed by atoms with Crippen LogP contribution in [0.3, 0.4) is 0 Å². The van der Waals surface area contributed by atoms with Crippen molar-refractivity contribution in [3.8, 4) is 0 Å². The zero-order valence-electron chi connectivity index (χ0n) is 14.9. The SMILES string of the molecule is CC(C)N1C(=O)CO[C@H](C(=O)NC2CCNCC2)[C@H]1c1ccccc1. The third kappa shape index (κ3) is 4.02. The van der Waals surface area contributed by atoms with Gasteiger partial charge in [0.2, 0.25) is 5.91 Å². The van der Waals surface area contributed by atoms with Crippen molar-refractivity contribution in [3.05, 3.63) is 35.9 Å². The lowest BCUT2D eigenvalue weighted by atomic mass is 9.95. The summed E-state index contributed by atoms with van der Waals surface area (Å²) < 4.78 is 5.72. The summed E-state index contributed by atoms with van der Waals surface area (Å²) >= 11 is 0. The largest absolute Gasteiger partial charge is 0.356 e. The molecule has 0 aromatic heterocycles. The van der Waals surface area contributed by atoms with E-state index >= 15 is 0 Å². The fourth-order valence-corrected chi connectivity index (χ4v) is 3.69. The number of morpholine rings is 1. The van der Waals surface area contributed by atoms with Crippen molar-refractivity contribution in [1.82, 2.24) is 15.5 Å². The number of amides is 2. The third-order valence-electron chi connectivity index (χ3n) is 4.90. The number of carbonyl (C=O) groups is 2. The molecule has 136 valence electrons. The highest BCUT2D eigenvalue weighted by Gasteiger charge is 2.43. The average Bonchev–Trinajstić information content (AvgIpc) is 2.62. The van der Waals surface area contributed by atoms with Crippen LogP contribution in [-0.2, 0) is 14.3 Å². The van der Waals surface area contributed by atoms with Gasteiger partial charge in [0, 0.05) is 12.1 Å². The molecule has 3 rings (SSSR count). The van der Waals surface area contributed by atoms with Crippen LogP contribution < -0.4 is 10.6 Å². The van der Waals surface area contributed by atoms with Crippen LogP contribution in [0, 0.1) is 0 Å². The first kappa shape index (κ1) is 17.9. The maximum atomic E-state index is 12.9. The van der Waals surface area contributed by atoms with Gasteiger partial charge in [-0.25, -0.2) is 0 Å². The Morgan fingerprint density at radius 1 is 1.24 bits per heavy atom. The Kier molecular flexibility index (Phi) is 5.71. The lowest BCUT2D eigenvalue weighted by Gasteiger charge is -2.43. The third-order valence-corrected chi connectivity index (χ3v) is 4.90. The van der Waals surface area contributed by atoms with E-state index < -0.39 is 12.1 Å². The molecule has 0 unspecified atom stereocenters. The van der Waals surface area contributed by atoms with Gasteiger partial charge in [0.1, 0.15) is 6.61 Å². The van der Waals surface area contributed by atoms with E-state index in [2.05, 4.69) is 10.6 Å². The van der Waals surface area contributed by atoms with Gasteiger partial charge in [0.15, 0.2) is 6.10 Å². The van der Waals surface area contributed by atoms with Crippen molar-refractivity contribution in [2.24, 2.45) is 0 Å². The molecule has 2 aliphatic heterocycles. The van der Waals surface area contributed by atoms with Crippen LogP contribution in [0.4, 0.5) is 0 Å². The van der Waals surface area contributed by atoms with Crippen molar-refractivity contribution in [1.29, 1.82) is 0 Å². The lowest BCUT2D eigenvalue weighted by Crippen LogP contribution is -2.57. The lowest BCUT2D eigenvalue weighted by molar-refractivity contribution is -0.167. The highest BCUT2D eigenvalue weighted by atomic mass is 16.5. The molecule has 2 atom stereocenters. The number of nitrogens with zero attached hydrogens (tertiary/aromatic N) is 1. The summed E-state index contributed by atoms with van der Waals surface area (Å²) in [5, 5.41) is 6.42. The first-order valence-corrected chi connectivity index (χ1v) is 9.06. The molecule has 2 N–H and O–H groups in total.